The van der Waals surface area contributed by atoms with Crippen molar-refractivity contribution in [3.8, 4) is 0 Å². The smallest absolute Gasteiger partial charge is 0.481 e. The van der Waals surface area contributed by atoms with Gasteiger partial charge in [0.05, 0.1) is 24.2 Å². The van der Waals surface area contributed by atoms with Crippen LogP contribution in [-0.4, -0.2) is 53.0 Å². The van der Waals surface area contributed by atoms with E-state index in [9.17, 15) is 27.2 Å². The summed E-state index contributed by atoms with van der Waals surface area (Å²) in [5.41, 5.74) is 0. The Kier molecular flexibility index (Phi) is 9.28. The number of carbonyl (C=O) groups is 1. The van der Waals surface area contributed by atoms with Crippen LogP contribution in [-0.2, 0) is 4.79 Å². The molecule has 3 rings (SSSR count). The molecular formula is C20H36BF4N3O2. The van der Waals surface area contributed by atoms with E-state index < -0.39 is 13.2 Å². The number of rotatable bonds is 9. The quantitative estimate of drug-likeness (QED) is 0.217. The summed E-state index contributed by atoms with van der Waals surface area (Å²) < 4.78 is 41.4. The molecule has 3 heterocycles. The number of hydrogen-bond acceptors (Lipinski definition) is 3. The highest BCUT2D eigenvalue weighted by Gasteiger charge is 2.52. The Balaban J connectivity index is 0.000000575. The van der Waals surface area contributed by atoms with Gasteiger partial charge in [-0.15, -0.1) is 0 Å². The minimum absolute atomic E-state index is 0.00249. The maximum atomic E-state index is 11.7. The van der Waals surface area contributed by atoms with Crippen molar-refractivity contribution >= 4 is 19.2 Å². The Morgan fingerprint density at radius 2 is 1.67 bits per heavy atom. The minimum atomic E-state index is -6.00. The maximum absolute atomic E-state index is 11.7. The molecule has 1 saturated heterocycles. The SMILES string of the molecule is CCCCCCCCC[C@@H]1C[C@@H]2CC[C@H]3[C@@H](C(=O)O)[C@@H](C)NC(=[N+]23)N1.F[B-](F)(F)F. The largest absolute Gasteiger partial charge is 0.673 e. The molecule has 30 heavy (non-hydrogen) atoms. The van der Waals surface area contributed by atoms with Gasteiger partial charge in [0.1, 0.15) is 5.92 Å². The van der Waals surface area contributed by atoms with Crippen LogP contribution in [0.4, 0.5) is 17.3 Å². The fourth-order valence-corrected chi connectivity index (χ4v) is 5.17. The van der Waals surface area contributed by atoms with Crippen molar-refractivity contribution in [2.45, 2.75) is 109 Å². The monoisotopic (exact) mass is 437 g/mol. The summed E-state index contributed by atoms with van der Waals surface area (Å²) in [6.45, 7) is 4.28. The Morgan fingerprint density at radius 1 is 1.07 bits per heavy atom. The Hall–Kier alpha value is -1.48. The average molecular weight is 437 g/mol. The lowest BCUT2D eigenvalue weighted by Crippen LogP contribution is -2.66. The van der Waals surface area contributed by atoms with E-state index in [0.29, 0.717) is 12.1 Å². The van der Waals surface area contributed by atoms with Crippen LogP contribution in [0.3, 0.4) is 0 Å². The van der Waals surface area contributed by atoms with Gasteiger partial charge in [0.2, 0.25) is 0 Å². The van der Waals surface area contributed by atoms with E-state index in [1.165, 1.54) is 51.4 Å². The lowest BCUT2D eigenvalue weighted by molar-refractivity contribution is -0.598. The number of guanidine groups is 1. The number of carboxylic acid groups (broad SMARTS) is 1. The summed E-state index contributed by atoms with van der Waals surface area (Å²) in [5, 5.41) is 16.7. The molecule has 0 aromatic heterocycles. The lowest BCUT2D eigenvalue weighted by Gasteiger charge is -2.37. The zero-order chi connectivity index (χ0) is 22.3. The molecule has 0 radical (unpaired) electrons. The van der Waals surface area contributed by atoms with Gasteiger partial charge in [0.15, 0.2) is 0 Å². The maximum Gasteiger partial charge on any atom is 0.673 e. The third-order valence-corrected chi connectivity index (χ3v) is 6.46. The molecule has 0 unspecified atom stereocenters. The average Bonchev–Trinajstić information content (AvgIpc) is 3.03. The predicted molar refractivity (Wildman–Crippen MR) is 110 cm³/mol. The van der Waals surface area contributed by atoms with Crippen molar-refractivity contribution in [3.05, 3.63) is 0 Å². The molecule has 0 amide bonds. The van der Waals surface area contributed by atoms with Crippen LogP contribution >= 0.6 is 0 Å². The molecule has 1 fully saturated rings. The highest BCUT2D eigenvalue weighted by molar-refractivity contribution is 6.50. The number of halogens is 4. The lowest BCUT2D eigenvalue weighted by atomic mass is 9.90. The number of nitrogens with one attached hydrogen (secondary N) is 2. The first-order chi connectivity index (χ1) is 14.1. The first-order valence-corrected chi connectivity index (χ1v) is 11.4. The van der Waals surface area contributed by atoms with Crippen molar-refractivity contribution in [1.29, 1.82) is 0 Å². The van der Waals surface area contributed by atoms with Crippen molar-refractivity contribution in [2.24, 2.45) is 5.92 Å². The molecule has 0 saturated carbocycles. The Bertz CT molecular complexity index is 597. The zero-order valence-electron chi connectivity index (χ0n) is 18.1. The second kappa shape index (κ2) is 11.2. The van der Waals surface area contributed by atoms with Gasteiger partial charge in [0, 0.05) is 6.42 Å². The van der Waals surface area contributed by atoms with Crippen LogP contribution in [0.2, 0.25) is 0 Å². The first-order valence-electron chi connectivity index (χ1n) is 11.4. The van der Waals surface area contributed by atoms with Crippen molar-refractivity contribution in [1.82, 2.24) is 10.6 Å². The molecule has 10 heteroatoms. The molecule has 0 aromatic rings. The topological polar surface area (TPSA) is 64.4 Å². The minimum Gasteiger partial charge on any atom is -0.481 e. The van der Waals surface area contributed by atoms with E-state index >= 15 is 0 Å². The number of nitrogens with zero attached hydrogens (tertiary/aromatic N) is 1. The number of unbranched alkanes of at least 4 members (excludes halogenated alkanes) is 6. The van der Waals surface area contributed by atoms with Crippen LogP contribution in [0.15, 0.2) is 0 Å². The zero-order valence-corrected chi connectivity index (χ0v) is 18.1. The molecule has 174 valence electrons. The van der Waals surface area contributed by atoms with Crippen molar-refractivity contribution in [2.75, 3.05) is 0 Å². The molecule has 0 aromatic carbocycles. The highest BCUT2D eigenvalue weighted by Crippen LogP contribution is 2.34. The van der Waals surface area contributed by atoms with E-state index in [2.05, 4.69) is 22.1 Å². The van der Waals surface area contributed by atoms with E-state index in [0.717, 1.165) is 25.2 Å². The van der Waals surface area contributed by atoms with Gasteiger partial charge in [-0.2, -0.15) is 0 Å². The second-order valence-electron chi connectivity index (χ2n) is 8.83. The molecule has 0 spiro atoms. The third-order valence-electron chi connectivity index (χ3n) is 6.46. The van der Waals surface area contributed by atoms with Crippen LogP contribution in [0.25, 0.3) is 0 Å². The predicted octanol–water partition coefficient (Wildman–Crippen LogP) is 4.38. The molecule has 5 nitrogen and oxygen atoms in total. The van der Waals surface area contributed by atoms with Crippen LogP contribution in [0.1, 0.15) is 84.5 Å². The first kappa shape index (κ1) is 24.8. The number of hydrogen-bond donors (Lipinski definition) is 3. The number of aliphatic carboxylic acids is 1. The van der Waals surface area contributed by atoms with E-state index in [4.69, 9.17) is 0 Å². The van der Waals surface area contributed by atoms with Gasteiger partial charge in [-0.1, -0.05) is 51.9 Å². The fourth-order valence-electron chi connectivity index (χ4n) is 5.17. The normalized spacial score (nSPS) is 30.0. The second-order valence-corrected chi connectivity index (χ2v) is 8.83. The van der Waals surface area contributed by atoms with E-state index in [1.807, 2.05) is 6.92 Å². The molecule has 5 atom stereocenters. The van der Waals surface area contributed by atoms with Crippen molar-refractivity contribution < 1.29 is 31.7 Å². The molecule has 0 aliphatic carbocycles. The van der Waals surface area contributed by atoms with Gasteiger partial charge in [0.25, 0.3) is 0 Å². The molecule has 3 N–H and O–H groups in total. The fraction of sp³-hybridized carbons (Fsp3) is 0.900. The Morgan fingerprint density at radius 3 is 2.27 bits per heavy atom. The van der Waals surface area contributed by atoms with Crippen LogP contribution < -0.4 is 10.6 Å². The summed E-state index contributed by atoms with van der Waals surface area (Å²) >= 11 is 0. The summed E-state index contributed by atoms with van der Waals surface area (Å²) in [6, 6.07) is 1.24. The summed E-state index contributed by atoms with van der Waals surface area (Å²) in [6.07, 6.45) is 14.1. The molecule has 3 aliphatic rings. The summed E-state index contributed by atoms with van der Waals surface area (Å²) in [4.78, 5) is 11.7. The van der Waals surface area contributed by atoms with Gasteiger partial charge < -0.3 is 22.4 Å². The van der Waals surface area contributed by atoms with Crippen LogP contribution in [0, 0.1) is 5.92 Å². The third kappa shape index (κ3) is 7.34. The standard InChI is InChI=1S/C20H35N3O2.BF4/c1-3-4-5-6-7-8-9-10-15-13-16-11-12-17-18(19(24)25)14(2)21-20(22-15)23(16)17;2-1(3,4)5/h14-18H,3-13H2,1-2H3,(H2,21,22,24,25);/q;-1/p+1/t14-,15-,16+,17+,18+;/m1./s1. The van der Waals surface area contributed by atoms with Gasteiger partial charge in [-0.3, -0.25) is 20.0 Å². The van der Waals surface area contributed by atoms with Gasteiger partial charge >= 0.3 is 19.2 Å². The summed E-state index contributed by atoms with van der Waals surface area (Å²) in [5.74, 6) is 0.154. The van der Waals surface area contributed by atoms with E-state index in [-0.39, 0.29) is 18.0 Å². The number of carboxylic acids is 1. The van der Waals surface area contributed by atoms with Crippen molar-refractivity contribution in [3.63, 3.8) is 0 Å². The van der Waals surface area contributed by atoms with Gasteiger partial charge in [-0.25, -0.2) is 0 Å². The highest BCUT2D eigenvalue weighted by atomic mass is 19.5. The van der Waals surface area contributed by atoms with Gasteiger partial charge in [-0.05, 0) is 26.2 Å². The molecule has 3 aliphatic heterocycles. The molecule has 0 bridgehead atoms. The van der Waals surface area contributed by atoms with Crippen LogP contribution in [0.5, 0.6) is 0 Å². The summed E-state index contributed by atoms with van der Waals surface area (Å²) in [7, 11) is -6.00. The Labute approximate surface area is 176 Å². The van der Waals surface area contributed by atoms with E-state index in [1.54, 1.807) is 0 Å². The molecular weight excluding hydrogens is 401 g/mol.